The Kier molecular flexibility index (Phi) is 2.47. The number of hydrogen-bond donors (Lipinski definition) is 3. The van der Waals surface area contributed by atoms with Gasteiger partial charge in [0.25, 0.3) is 0 Å². The molecule has 0 aliphatic carbocycles. The van der Waals surface area contributed by atoms with Crippen molar-refractivity contribution in [2.75, 3.05) is 6.54 Å². The van der Waals surface area contributed by atoms with Gasteiger partial charge in [-0.05, 0) is 30.7 Å². The molecule has 4 heteroatoms. The summed E-state index contributed by atoms with van der Waals surface area (Å²) in [6.07, 6.45) is 2.49. The Labute approximate surface area is 82.3 Å². The molecule has 0 spiro atoms. The highest BCUT2D eigenvalue weighted by Gasteiger charge is 2.05. The summed E-state index contributed by atoms with van der Waals surface area (Å²) in [4.78, 5) is 7.20. The SMILES string of the molecule is NCCC(N)c1ccc2nc[nH]c2c1. The molecular weight excluding hydrogens is 176 g/mol. The minimum Gasteiger partial charge on any atom is -0.345 e. The number of aromatic nitrogens is 2. The zero-order valence-corrected chi connectivity index (χ0v) is 7.90. The van der Waals surface area contributed by atoms with Gasteiger partial charge in [0.15, 0.2) is 0 Å². The second-order valence-corrected chi connectivity index (χ2v) is 3.36. The molecule has 2 rings (SSSR count). The molecule has 0 saturated carbocycles. The number of nitrogens with one attached hydrogen (secondary N) is 1. The Hall–Kier alpha value is -1.39. The summed E-state index contributed by atoms with van der Waals surface area (Å²) in [5.74, 6) is 0. The molecule has 1 aromatic heterocycles. The lowest BCUT2D eigenvalue weighted by Gasteiger charge is -2.09. The molecule has 0 fully saturated rings. The fraction of sp³-hybridized carbons (Fsp3) is 0.300. The number of H-pyrrole nitrogens is 1. The zero-order chi connectivity index (χ0) is 9.97. The molecule has 0 aliphatic rings. The van der Waals surface area contributed by atoms with Crippen LogP contribution in [0.4, 0.5) is 0 Å². The number of rotatable bonds is 3. The highest BCUT2D eigenvalue weighted by atomic mass is 14.9. The highest BCUT2D eigenvalue weighted by molar-refractivity contribution is 5.75. The first kappa shape index (κ1) is 9.18. The van der Waals surface area contributed by atoms with Crippen LogP contribution in [0.2, 0.25) is 0 Å². The van der Waals surface area contributed by atoms with Gasteiger partial charge in [-0.25, -0.2) is 4.98 Å². The van der Waals surface area contributed by atoms with Crippen LogP contribution in [0.25, 0.3) is 11.0 Å². The summed E-state index contributed by atoms with van der Waals surface area (Å²) in [6, 6.07) is 6.02. The monoisotopic (exact) mass is 190 g/mol. The average Bonchev–Trinajstić information content (AvgIpc) is 2.64. The van der Waals surface area contributed by atoms with Crippen LogP contribution in [-0.2, 0) is 0 Å². The summed E-state index contributed by atoms with van der Waals surface area (Å²) in [5.41, 5.74) is 14.5. The van der Waals surface area contributed by atoms with Crippen molar-refractivity contribution < 1.29 is 0 Å². The summed E-state index contributed by atoms with van der Waals surface area (Å²) in [5, 5.41) is 0. The Morgan fingerprint density at radius 3 is 3.07 bits per heavy atom. The standard InChI is InChI=1S/C10H14N4/c11-4-3-8(12)7-1-2-9-10(5-7)14-6-13-9/h1-2,5-6,8H,3-4,11-12H2,(H,13,14). The molecule has 14 heavy (non-hydrogen) atoms. The molecule has 0 saturated heterocycles. The number of benzene rings is 1. The zero-order valence-electron chi connectivity index (χ0n) is 7.90. The molecule has 0 aliphatic heterocycles. The first-order valence-electron chi connectivity index (χ1n) is 4.70. The van der Waals surface area contributed by atoms with Crippen LogP contribution < -0.4 is 11.5 Å². The first-order chi connectivity index (χ1) is 6.81. The maximum atomic E-state index is 5.95. The van der Waals surface area contributed by atoms with Crippen molar-refractivity contribution in [1.82, 2.24) is 9.97 Å². The van der Waals surface area contributed by atoms with Gasteiger partial charge in [0.2, 0.25) is 0 Å². The van der Waals surface area contributed by atoms with Gasteiger partial charge in [0, 0.05) is 6.04 Å². The maximum Gasteiger partial charge on any atom is 0.0931 e. The summed E-state index contributed by atoms with van der Waals surface area (Å²) < 4.78 is 0. The number of fused-ring (bicyclic) bond motifs is 1. The quantitative estimate of drug-likeness (QED) is 0.673. The van der Waals surface area contributed by atoms with Gasteiger partial charge in [0.05, 0.1) is 17.4 Å². The number of nitrogens with two attached hydrogens (primary N) is 2. The molecule has 0 radical (unpaired) electrons. The summed E-state index contributed by atoms with van der Waals surface area (Å²) >= 11 is 0. The van der Waals surface area contributed by atoms with Crippen LogP contribution >= 0.6 is 0 Å². The molecule has 1 aromatic carbocycles. The fourth-order valence-electron chi connectivity index (χ4n) is 1.53. The molecular formula is C10H14N4. The molecule has 1 unspecified atom stereocenters. The third kappa shape index (κ3) is 1.62. The van der Waals surface area contributed by atoms with Gasteiger partial charge >= 0.3 is 0 Å². The van der Waals surface area contributed by atoms with Crippen molar-refractivity contribution in [3.63, 3.8) is 0 Å². The molecule has 0 amide bonds. The predicted molar refractivity (Wildman–Crippen MR) is 56.7 cm³/mol. The first-order valence-corrected chi connectivity index (χ1v) is 4.70. The number of imidazole rings is 1. The van der Waals surface area contributed by atoms with Crippen LogP contribution in [0.3, 0.4) is 0 Å². The molecule has 1 heterocycles. The van der Waals surface area contributed by atoms with Gasteiger partial charge in [0.1, 0.15) is 0 Å². The highest BCUT2D eigenvalue weighted by Crippen LogP contribution is 2.17. The Morgan fingerprint density at radius 2 is 2.29 bits per heavy atom. The van der Waals surface area contributed by atoms with E-state index in [4.69, 9.17) is 11.5 Å². The number of nitrogens with zero attached hydrogens (tertiary/aromatic N) is 1. The molecule has 5 N–H and O–H groups in total. The second-order valence-electron chi connectivity index (χ2n) is 3.36. The van der Waals surface area contributed by atoms with E-state index in [0.717, 1.165) is 23.0 Å². The number of aromatic amines is 1. The Morgan fingerprint density at radius 1 is 1.43 bits per heavy atom. The normalized spacial score (nSPS) is 13.3. The van der Waals surface area contributed by atoms with Crippen molar-refractivity contribution in [2.45, 2.75) is 12.5 Å². The van der Waals surface area contributed by atoms with Gasteiger partial charge in [-0.15, -0.1) is 0 Å². The Balaban J connectivity index is 2.33. The van der Waals surface area contributed by atoms with E-state index in [1.807, 2.05) is 18.2 Å². The summed E-state index contributed by atoms with van der Waals surface area (Å²) in [6.45, 7) is 0.613. The molecule has 74 valence electrons. The molecule has 1 atom stereocenters. The Bertz CT molecular complexity index is 421. The van der Waals surface area contributed by atoms with Crippen molar-refractivity contribution in [3.05, 3.63) is 30.1 Å². The van der Waals surface area contributed by atoms with Crippen LogP contribution in [0.5, 0.6) is 0 Å². The van der Waals surface area contributed by atoms with Gasteiger partial charge in [-0.1, -0.05) is 6.07 Å². The topological polar surface area (TPSA) is 80.7 Å². The van der Waals surface area contributed by atoms with Crippen LogP contribution in [-0.4, -0.2) is 16.5 Å². The van der Waals surface area contributed by atoms with E-state index < -0.39 is 0 Å². The predicted octanol–water partition coefficient (Wildman–Crippen LogP) is 0.911. The van der Waals surface area contributed by atoms with Crippen LogP contribution in [0.15, 0.2) is 24.5 Å². The number of hydrogen-bond acceptors (Lipinski definition) is 3. The lowest BCUT2D eigenvalue weighted by molar-refractivity contribution is 0.662. The third-order valence-electron chi connectivity index (χ3n) is 2.35. The molecule has 2 aromatic rings. The van der Waals surface area contributed by atoms with Crippen LogP contribution in [0.1, 0.15) is 18.0 Å². The lowest BCUT2D eigenvalue weighted by Crippen LogP contribution is -2.15. The van der Waals surface area contributed by atoms with Gasteiger partial charge in [-0.2, -0.15) is 0 Å². The molecule has 4 nitrogen and oxygen atoms in total. The van der Waals surface area contributed by atoms with E-state index in [2.05, 4.69) is 9.97 Å². The van der Waals surface area contributed by atoms with E-state index in [1.54, 1.807) is 6.33 Å². The van der Waals surface area contributed by atoms with Crippen molar-refractivity contribution in [3.8, 4) is 0 Å². The lowest BCUT2D eigenvalue weighted by atomic mass is 10.0. The van der Waals surface area contributed by atoms with E-state index in [1.165, 1.54) is 0 Å². The minimum atomic E-state index is 0.0210. The van der Waals surface area contributed by atoms with Gasteiger partial charge < -0.3 is 16.5 Å². The van der Waals surface area contributed by atoms with Crippen molar-refractivity contribution in [1.29, 1.82) is 0 Å². The largest absolute Gasteiger partial charge is 0.345 e. The van der Waals surface area contributed by atoms with E-state index in [0.29, 0.717) is 6.54 Å². The van der Waals surface area contributed by atoms with Crippen molar-refractivity contribution in [2.24, 2.45) is 11.5 Å². The van der Waals surface area contributed by atoms with Gasteiger partial charge in [-0.3, -0.25) is 0 Å². The minimum absolute atomic E-state index is 0.0210. The van der Waals surface area contributed by atoms with Crippen LogP contribution in [0, 0.1) is 0 Å². The van der Waals surface area contributed by atoms with Crippen molar-refractivity contribution >= 4 is 11.0 Å². The maximum absolute atomic E-state index is 5.95. The average molecular weight is 190 g/mol. The van der Waals surface area contributed by atoms with E-state index >= 15 is 0 Å². The van der Waals surface area contributed by atoms with E-state index in [9.17, 15) is 0 Å². The molecule has 0 bridgehead atoms. The second kappa shape index (κ2) is 3.77. The third-order valence-corrected chi connectivity index (χ3v) is 2.35. The van der Waals surface area contributed by atoms with E-state index in [-0.39, 0.29) is 6.04 Å². The summed E-state index contributed by atoms with van der Waals surface area (Å²) in [7, 11) is 0. The smallest absolute Gasteiger partial charge is 0.0931 e. The fourth-order valence-corrected chi connectivity index (χ4v) is 1.53.